The van der Waals surface area contributed by atoms with Crippen LogP contribution >= 0.6 is 15.9 Å². The summed E-state index contributed by atoms with van der Waals surface area (Å²) < 4.78 is 59.9. The number of benzene rings is 1. The second-order valence-electron chi connectivity index (χ2n) is 7.62. The number of nitrogens with zero attached hydrogens (tertiary/aromatic N) is 3. The van der Waals surface area contributed by atoms with Crippen LogP contribution in [0, 0.1) is 5.82 Å². The van der Waals surface area contributed by atoms with E-state index in [1.54, 1.807) is 22.7 Å². The lowest BCUT2D eigenvalue weighted by atomic mass is 10.0. The van der Waals surface area contributed by atoms with E-state index in [1.807, 2.05) is 0 Å². The molecule has 0 fully saturated rings. The third-order valence-electron chi connectivity index (χ3n) is 5.48. The van der Waals surface area contributed by atoms with Crippen LogP contribution in [0.5, 0.6) is 0 Å². The lowest BCUT2D eigenvalue weighted by molar-refractivity contribution is -0.275. The fraction of sp³-hybridized carbons (Fsp3) is 0.227. The summed E-state index contributed by atoms with van der Waals surface area (Å²) in [4.78, 5) is 12.0. The van der Waals surface area contributed by atoms with Gasteiger partial charge in [0.2, 0.25) is 5.60 Å². The molecule has 0 aliphatic heterocycles. The van der Waals surface area contributed by atoms with Gasteiger partial charge in [0.05, 0.1) is 15.7 Å². The van der Waals surface area contributed by atoms with Gasteiger partial charge in [-0.25, -0.2) is 9.18 Å². The van der Waals surface area contributed by atoms with Crippen LogP contribution in [0.4, 0.5) is 23.6 Å². The zero-order valence-corrected chi connectivity index (χ0v) is 19.5. The van der Waals surface area contributed by atoms with Gasteiger partial charge < -0.3 is 24.3 Å². The van der Waals surface area contributed by atoms with E-state index >= 15 is 0 Å². The highest BCUT2D eigenvalue weighted by Gasteiger charge is 2.57. The Labute approximate surface area is 203 Å². The van der Waals surface area contributed by atoms with Crippen LogP contribution in [0.15, 0.2) is 51.5 Å². The molecule has 0 saturated carbocycles. The van der Waals surface area contributed by atoms with Crippen molar-refractivity contribution in [2.45, 2.75) is 31.7 Å². The number of aliphatic hydroxyl groups is 1. The minimum absolute atomic E-state index is 0.0192. The van der Waals surface area contributed by atoms with E-state index in [9.17, 15) is 32.6 Å². The maximum atomic E-state index is 13.4. The van der Waals surface area contributed by atoms with E-state index in [1.165, 1.54) is 24.3 Å². The van der Waals surface area contributed by atoms with Crippen molar-refractivity contribution in [2.75, 3.05) is 5.32 Å². The second-order valence-corrected chi connectivity index (χ2v) is 8.41. The molecular formula is C22H17BrF4N4O4. The second kappa shape index (κ2) is 8.96. The average Bonchev–Trinajstić information content (AvgIpc) is 3.40. The van der Waals surface area contributed by atoms with E-state index < -0.39 is 35.9 Å². The summed E-state index contributed by atoms with van der Waals surface area (Å²) in [6.07, 6.45) is -4.09. The quantitative estimate of drug-likeness (QED) is 0.262. The number of halogens is 5. The summed E-state index contributed by atoms with van der Waals surface area (Å²) in [6.45, 7) is 1.18. The zero-order valence-electron chi connectivity index (χ0n) is 17.9. The normalized spacial score (nSPS) is 13.7. The number of pyridine rings is 1. The first kappa shape index (κ1) is 24.7. The van der Waals surface area contributed by atoms with Gasteiger partial charge in [0.25, 0.3) is 5.89 Å². The third kappa shape index (κ3) is 4.36. The van der Waals surface area contributed by atoms with Crippen LogP contribution in [0.3, 0.4) is 0 Å². The molecule has 3 heterocycles. The summed E-state index contributed by atoms with van der Waals surface area (Å²) in [7, 11) is 0. The molecule has 35 heavy (non-hydrogen) atoms. The Morgan fingerprint density at radius 1 is 1.20 bits per heavy atom. The molecule has 3 N–H and O–H groups in total. The van der Waals surface area contributed by atoms with Gasteiger partial charge in [-0.05, 0) is 69.9 Å². The predicted octanol–water partition coefficient (Wildman–Crippen LogP) is 5.36. The molecule has 13 heteroatoms. The van der Waals surface area contributed by atoms with Crippen LogP contribution in [0.1, 0.15) is 35.2 Å². The Morgan fingerprint density at radius 2 is 1.89 bits per heavy atom. The Bertz CT molecular complexity index is 1400. The zero-order chi connectivity index (χ0) is 25.5. The standard InChI is InChI=1S/C22H17BrF4N4O4/c1-2-21(34,22(25,26)27)19-29-30-20(35-19)28-10-11-7-8-31-14(9-11)16(23)15(18(32)33)17(31)12-3-5-13(24)6-4-12/h3-9,34H,2,10H2,1H3,(H,28,30)(H,32,33). The molecule has 8 nitrogen and oxygen atoms in total. The van der Waals surface area contributed by atoms with Crippen molar-refractivity contribution in [2.24, 2.45) is 0 Å². The summed E-state index contributed by atoms with van der Waals surface area (Å²) in [6, 6.07) is 8.37. The summed E-state index contributed by atoms with van der Waals surface area (Å²) in [5, 5.41) is 29.2. The minimum atomic E-state index is -5.00. The van der Waals surface area contributed by atoms with Gasteiger partial charge in [0.15, 0.2) is 0 Å². The van der Waals surface area contributed by atoms with Gasteiger partial charge in [-0.1, -0.05) is 12.0 Å². The molecule has 1 aromatic carbocycles. The van der Waals surface area contributed by atoms with Gasteiger partial charge in [-0.3, -0.25) is 0 Å². The third-order valence-corrected chi connectivity index (χ3v) is 6.28. The fourth-order valence-electron chi connectivity index (χ4n) is 3.57. The molecule has 0 spiro atoms. The number of hydrogen-bond donors (Lipinski definition) is 3. The molecule has 0 aliphatic carbocycles. The van der Waals surface area contributed by atoms with Crippen molar-refractivity contribution in [3.63, 3.8) is 0 Å². The van der Waals surface area contributed by atoms with Crippen LogP contribution in [0.25, 0.3) is 16.8 Å². The summed E-state index contributed by atoms with van der Waals surface area (Å²) in [5.41, 5.74) is -1.36. The van der Waals surface area contributed by atoms with Crippen LogP contribution in [-0.4, -0.2) is 37.0 Å². The number of fused-ring (bicyclic) bond motifs is 1. The molecule has 0 saturated heterocycles. The lowest BCUT2D eigenvalue weighted by Gasteiger charge is -2.25. The molecule has 3 aromatic heterocycles. The lowest BCUT2D eigenvalue weighted by Crippen LogP contribution is -2.42. The van der Waals surface area contributed by atoms with Crippen molar-refractivity contribution >= 4 is 33.4 Å². The number of hydrogen-bond acceptors (Lipinski definition) is 6. The molecule has 4 rings (SSSR count). The topological polar surface area (TPSA) is 113 Å². The predicted molar refractivity (Wildman–Crippen MR) is 119 cm³/mol. The Balaban J connectivity index is 1.64. The first-order chi connectivity index (χ1) is 16.5. The first-order valence-corrected chi connectivity index (χ1v) is 10.9. The van der Waals surface area contributed by atoms with Crippen LogP contribution in [-0.2, 0) is 12.1 Å². The number of carboxylic acids is 1. The van der Waals surface area contributed by atoms with Crippen molar-refractivity contribution in [3.05, 3.63) is 69.9 Å². The first-order valence-electron chi connectivity index (χ1n) is 10.1. The number of carboxylic acid groups (broad SMARTS) is 1. The van der Waals surface area contributed by atoms with E-state index in [2.05, 4.69) is 31.4 Å². The van der Waals surface area contributed by atoms with Gasteiger partial charge in [-0.2, -0.15) is 13.2 Å². The fourth-order valence-corrected chi connectivity index (χ4v) is 4.23. The number of alkyl halides is 3. The summed E-state index contributed by atoms with van der Waals surface area (Å²) >= 11 is 3.33. The molecule has 0 radical (unpaired) electrons. The van der Waals surface area contributed by atoms with Crippen molar-refractivity contribution in [3.8, 4) is 11.3 Å². The number of anilines is 1. The highest BCUT2D eigenvalue weighted by Crippen LogP contribution is 2.41. The smallest absolute Gasteiger partial charge is 0.426 e. The highest BCUT2D eigenvalue weighted by atomic mass is 79.9. The van der Waals surface area contributed by atoms with Crippen molar-refractivity contribution in [1.82, 2.24) is 14.6 Å². The molecule has 0 aliphatic rings. The molecule has 184 valence electrons. The number of aromatic nitrogens is 3. The Kier molecular flexibility index (Phi) is 6.32. The number of carbonyl (C=O) groups is 1. The van der Waals surface area contributed by atoms with Gasteiger partial charge >= 0.3 is 18.2 Å². The van der Waals surface area contributed by atoms with E-state index in [0.717, 1.165) is 6.92 Å². The minimum Gasteiger partial charge on any atom is -0.478 e. The molecule has 4 aromatic rings. The van der Waals surface area contributed by atoms with Gasteiger partial charge in [-0.15, -0.1) is 5.10 Å². The van der Waals surface area contributed by atoms with E-state index in [4.69, 9.17) is 4.42 Å². The Hall–Kier alpha value is -3.45. The van der Waals surface area contributed by atoms with Gasteiger partial charge in [0.1, 0.15) is 11.4 Å². The van der Waals surface area contributed by atoms with Crippen molar-refractivity contribution < 1.29 is 37.0 Å². The molecule has 0 bridgehead atoms. The monoisotopic (exact) mass is 556 g/mol. The van der Waals surface area contributed by atoms with Crippen LogP contribution in [0.2, 0.25) is 0 Å². The number of aromatic carboxylic acids is 1. The Morgan fingerprint density at radius 3 is 2.49 bits per heavy atom. The van der Waals surface area contributed by atoms with Crippen molar-refractivity contribution in [1.29, 1.82) is 0 Å². The average molecular weight is 557 g/mol. The molecule has 1 atom stereocenters. The largest absolute Gasteiger partial charge is 0.478 e. The molecule has 1 unspecified atom stereocenters. The van der Waals surface area contributed by atoms with E-state index in [0.29, 0.717) is 26.8 Å². The van der Waals surface area contributed by atoms with Crippen LogP contribution < -0.4 is 5.32 Å². The molecular weight excluding hydrogens is 540 g/mol. The number of nitrogens with one attached hydrogen (secondary N) is 1. The highest BCUT2D eigenvalue weighted by molar-refractivity contribution is 9.10. The SMILES string of the molecule is CCC(O)(c1nnc(NCc2ccn3c(-c4ccc(F)cc4)c(C(=O)O)c(Br)c3c2)o1)C(F)(F)F. The number of rotatable bonds is 7. The maximum absolute atomic E-state index is 13.4. The maximum Gasteiger partial charge on any atom is 0.426 e. The van der Waals surface area contributed by atoms with E-state index in [-0.39, 0.29) is 18.1 Å². The summed E-state index contributed by atoms with van der Waals surface area (Å²) in [5.74, 6) is -2.63. The van der Waals surface area contributed by atoms with Gasteiger partial charge in [0, 0.05) is 12.7 Å². The molecule has 0 amide bonds.